The summed E-state index contributed by atoms with van der Waals surface area (Å²) in [5.41, 5.74) is 1.66. The first-order valence-electron chi connectivity index (χ1n) is 10.7. The van der Waals surface area contributed by atoms with Crippen LogP contribution in [0, 0.1) is 18.6 Å². The lowest BCUT2D eigenvalue weighted by Crippen LogP contribution is -2.39. The van der Waals surface area contributed by atoms with Gasteiger partial charge in [0.1, 0.15) is 23.0 Å². The number of likely N-dealkylation sites (tertiary alicyclic amines) is 1. The first-order valence-corrected chi connectivity index (χ1v) is 10.7. The number of aryl methyl sites for hydroxylation is 1. The van der Waals surface area contributed by atoms with E-state index in [-0.39, 0.29) is 11.3 Å². The Morgan fingerprint density at radius 2 is 1.81 bits per heavy atom. The van der Waals surface area contributed by atoms with Crippen LogP contribution in [0.15, 0.2) is 35.0 Å². The molecule has 0 unspecified atom stereocenters. The molecule has 3 aromatic rings. The Balaban J connectivity index is 1.60. The maximum atomic E-state index is 14.1. The van der Waals surface area contributed by atoms with Crippen LogP contribution in [0.2, 0.25) is 0 Å². The van der Waals surface area contributed by atoms with Crippen molar-refractivity contribution in [1.29, 1.82) is 0 Å². The zero-order valence-electron chi connectivity index (χ0n) is 18.7. The van der Waals surface area contributed by atoms with Gasteiger partial charge in [0.2, 0.25) is 0 Å². The molecule has 0 saturated carbocycles. The van der Waals surface area contributed by atoms with E-state index in [0.29, 0.717) is 31.7 Å². The summed E-state index contributed by atoms with van der Waals surface area (Å²) >= 11 is 0. The second kappa shape index (κ2) is 8.41. The minimum atomic E-state index is -0.842. The average Bonchev–Trinajstić information content (AvgIpc) is 3.18. The summed E-state index contributed by atoms with van der Waals surface area (Å²) in [6.45, 7) is 8.75. The van der Waals surface area contributed by atoms with Crippen molar-refractivity contribution in [3.05, 3.63) is 64.9 Å². The molecular formula is C24H26F2N4O2. The Morgan fingerprint density at radius 3 is 2.38 bits per heavy atom. The van der Waals surface area contributed by atoms with E-state index >= 15 is 0 Å². The van der Waals surface area contributed by atoms with E-state index in [0.717, 1.165) is 34.9 Å². The maximum absolute atomic E-state index is 14.1. The molecule has 32 heavy (non-hydrogen) atoms. The van der Waals surface area contributed by atoms with Gasteiger partial charge in [0, 0.05) is 36.7 Å². The molecule has 0 spiro atoms. The predicted octanol–water partition coefficient (Wildman–Crippen LogP) is 5.04. The van der Waals surface area contributed by atoms with E-state index in [1.807, 2.05) is 13.0 Å². The van der Waals surface area contributed by atoms with Gasteiger partial charge in [-0.15, -0.1) is 0 Å². The summed E-state index contributed by atoms with van der Waals surface area (Å²) in [5.74, 6) is -0.932. The van der Waals surface area contributed by atoms with Gasteiger partial charge in [-0.3, -0.25) is 4.79 Å². The normalized spacial score (nSPS) is 15.2. The number of amides is 1. The van der Waals surface area contributed by atoms with Crippen LogP contribution in [-0.4, -0.2) is 39.0 Å². The molecule has 4 rings (SSSR count). The van der Waals surface area contributed by atoms with E-state index < -0.39 is 23.1 Å². The lowest BCUT2D eigenvalue weighted by atomic mass is 9.88. The first-order chi connectivity index (χ1) is 15.1. The number of piperidine rings is 1. The number of rotatable bonds is 3. The molecule has 1 aliphatic rings. The fourth-order valence-electron chi connectivity index (χ4n) is 3.96. The highest BCUT2D eigenvalue weighted by Gasteiger charge is 2.31. The average molecular weight is 440 g/mol. The molecule has 2 aromatic heterocycles. The molecule has 0 bridgehead atoms. The molecule has 1 aromatic carbocycles. The first kappa shape index (κ1) is 22.0. The van der Waals surface area contributed by atoms with Crippen LogP contribution in [0.1, 0.15) is 67.1 Å². The highest BCUT2D eigenvalue weighted by Crippen LogP contribution is 2.36. The number of hydrogen-bond donors (Lipinski definition) is 0. The summed E-state index contributed by atoms with van der Waals surface area (Å²) in [4.78, 5) is 23.7. The summed E-state index contributed by atoms with van der Waals surface area (Å²) in [6, 6.07) is 5.30. The molecular weight excluding hydrogens is 414 g/mol. The van der Waals surface area contributed by atoms with Crippen LogP contribution in [0.5, 0.6) is 0 Å². The van der Waals surface area contributed by atoms with Crippen LogP contribution < -0.4 is 0 Å². The fourth-order valence-corrected chi connectivity index (χ4v) is 3.96. The molecule has 0 aliphatic carbocycles. The minimum Gasteiger partial charge on any atom is -0.356 e. The third-order valence-corrected chi connectivity index (χ3v) is 5.73. The van der Waals surface area contributed by atoms with Crippen LogP contribution >= 0.6 is 0 Å². The Hall–Kier alpha value is -3.16. The smallest absolute Gasteiger partial charge is 0.259 e. The van der Waals surface area contributed by atoms with Gasteiger partial charge in [0.05, 0.1) is 17.0 Å². The molecule has 168 valence electrons. The molecule has 1 aliphatic heterocycles. The number of halogens is 2. The fraction of sp³-hybridized carbons (Fsp3) is 0.417. The molecule has 1 saturated heterocycles. The monoisotopic (exact) mass is 440 g/mol. The Morgan fingerprint density at radius 1 is 1.16 bits per heavy atom. The van der Waals surface area contributed by atoms with Gasteiger partial charge in [-0.2, -0.15) is 0 Å². The summed E-state index contributed by atoms with van der Waals surface area (Å²) in [5, 5.41) is 3.98. The topological polar surface area (TPSA) is 72.1 Å². The van der Waals surface area contributed by atoms with Crippen molar-refractivity contribution in [2.75, 3.05) is 13.1 Å². The van der Waals surface area contributed by atoms with Crippen molar-refractivity contribution >= 4 is 5.91 Å². The van der Waals surface area contributed by atoms with Crippen molar-refractivity contribution in [3.63, 3.8) is 0 Å². The largest absolute Gasteiger partial charge is 0.356 e. The van der Waals surface area contributed by atoms with E-state index in [2.05, 4.69) is 30.9 Å². The van der Waals surface area contributed by atoms with Crippen molar-refractivity contribution in [3.8, 4) is 11.3 Å². The zero-order chi connectivity index (χ0) is 23.0. The van der Waals surface area contributed by atoms with Gasteiger partial charge in [-0.25, -0.2) is 18.7 Å². The van der Waals surface area contributed by atoms with Crippen molar-refractivity contribution in [2.45, 2.75) is 51.9 Å². The molecule has 0 radical (unpaired) electrons. The molecule has 0 N–H and O–H groups in total. The standard InChI is InChI=1S/C24H26F2N4O2/c1-14-12-19(32-29-14)16-13-27-23(24(2,3)4)28-21(16)15-8-10-30(11-9-15)22(31)20-17(25)6-5-7-18(20)26/h5-7,12-13,15H,8-11H2,1-4H3. The predicted molar refractivity (Wildman–Crippen MR) is 115 cm³/mol. The number of carbonyl (C=O) groups excluding carboxylic acids is 1. The van der Waals surface area contributed by atoms with E-state index in [1.54, 1.807) is 6.20 Å². The lowest BCUT2D eigenvalue weighted by molar-refractivity contribution is 0.0702. The number of aromatic nitrogens is 3. The van der Waals surface area contributed by atoms with Gasteiger partial charge in [-0.05, 0) is 31.9 Å². The number of hydrogen-bond acceptors (Lipinski definition) is 5. The zero-order valence-corrected chi connectivity index (χ0v) is 18.7. The van der Waals surface area contributed by atoms with Crippen molar-refractivity contribution < 1.29 is 18.1 Å². The van der Waals surface area contributed by atoms with E-state index in [9.17, 15) is 13.6 Å². The summed E-state index contributed by atoms with van der Waals surface area (Å²) in [7, 11) is 0. The van der Waals surface area contributed by atoms with Gasteiger partial charge >= 0.3 is 0 Å². The van der Waals surface area contributed by atoms with Crippen LogP contribution in [-0.2, 0) is 5.41 Å². The van der Waals surface area contributed by atoms with Crippen molar-refractivity contribution in [1.82, 2.24) is 20.0 Å². The SMILES string of the molecule is Cc1cc(-c2cnc(C(C)(C)C)nc2C2CCN(C(=O)c3c(F)cccc3F)CC2)on1. The molecule has 3 heterocycles. The number of carbonyl (C=O) groups is 1. The van der Waals surface area contributed by atoms with Crippen LogP contribution in [0.3, 0.4) is 0 Å². The van der Waals surface area contributed by atoms with Crippen LogP contribution in [0.25, 0.3) is 11.3 Å². The summed E-state index contributed by atoms with van der Waals surface area (Å²) in [6.07, 6.45) is 3.00. The van der Waals surface area contributed by atoms with E-state index in [4.69, 9.17) is 9.51 Å². The molecule has 6 nitrogen and oxygen atoms in total. The molecule has 0 atom stereocenters. The van der Waals surface area contributed by atoms with Gasteiger partial charge in [0.25, 0.3) is 5.91 Å². The lowest BCUT2D eigenvalue weighted by Gasteiger charge is -2.33. The molecule has 1 fully saturated rings. The highest BCUT2D eigenvalue weighted by atomic mass is 19.1. The minimum absolute atomic E-state index is 0.0500. The van der Waals surface area contributed by atoms with Crippen molar-refractivity contribution in [2.24, 2.45) is 0 Å². The quantitative estimate of drug-likeness (QED) is 0.571. The van der Waals surface area contributed by atoms with Gasteiger partial charge in [0.15, 0.2) is 5.76 Å². The maximum Gasteiger partial charge on any atom is 0.259 e. The molecule has 8 heteroatoms. The third-order valence-electron chi connectivity index (χ3n) is 5.73. The second-order valence-corrected chi connectivity index (χ2v) is 9.24. The summed E-state index contributed by atoms with van der Waals surface area (Å²) < 4.78 is 33.6. The third kappa shape index (κ3) is 4.26. The van der Waals surface area contributed by atoms with Crippen LogP contribution in [0.4, 0.5) is 8.78 Å². The van der Waals surface area contributed by atoms with Gasteiger partial charge in [-0.1, -0.05) is 32.0 Å². The van der Waals surface area contributed by atoms with Gasteiger partial charge < -0.3 is 9.42 Å². The number of benzene rings is 1. The number of nitrogens with zero attached hydrogens (tertiary/aromatic N) is 4. The highest BCUT2D eigenvalue weighted by molar-refractivity contribution is 5.94. The molecule has 1 amide bonds. The Labute approximate surface area is 185 Å². The van der Waals surface area contributed by atoms with E-state index in [1.165, 1.54) is 11.0 Å². The Bertz CT molecular complexity index is 1120. The Kier molecular flexibility index (Phi) is 5.79. The second-order valence-electron chi connectivity index (χ2n) is 9.24.